The number of nitrogens with zero attached hydrogens (tertiary/aromatic N) is 4. The van der Waals surface area contributed by atoms with Crippen LogP contribution in [0.15, 0.2) is 40.7 Å². The van der Waals surface area contributed by atoms with Crippen molar-refractivity contribution in [3.05, 3.63) is 52.7 Å². The van der Waals surface area contributed by atoms with Crippen LogP contribution >= 0.6 is 0 Å². The summed E-state index contributed by atoms with van der Waals surface area (Å²) in [5, 5.41) is 5.91. The molecule has 0 radical (unpaired) electrons. The second kappa shape index (κ2) is 8.63. The van der Waals surface area contributed by atoms with Gasteiger partial charge >= 0.3 is 12.4 Å². The lowest BCUT2D eigenvalue weighted by molar-refractivity contribution is -0.142. The number of nitrogens with one attached hydrogen (secondary N) is 1. The quantitative estimate of drug-likeness (QED) is 0.536. The summed E-state index contributed by atoms with van der Waals surface area (Å²) < 4.78 is 77.9. The third-order valence-electron chi connectivity index (χ3n) is 4.78. The summed E-state index contributed by atoms with van der Waals surface area (Å²) in [7, 11) is 1.21. The molecule has 1 atom stereocenters. The number of rotatable bonds is 4. The van der Waals surface area contributed by atoms with E-state index in [4.69, 9.17) is 5.73 Å². The smallest absolute Gasteiger partial charge is 0.402 e. The predicted octanol–water partition coefficient (Wildman–Crippen LogP) is 3.75. The molecule has 1 unspecified atom stereocenters. The number of hydrogen-bond donors (Lipinski definition) is 2. The molecule has 3 N–H and O–H groups in total. The molecule has 0 aliphatic heterocycles. The van der Waals surface area contributed by atoms with E-state index in [1.165, 1.54) is 19.3 Å². The number of pyridine rings is 1. The van der Waals surface area contributed by atoms with E-state index in [-0.39, 0.29) is 11.4 Å². The van der Waals surface area contributed by atoms with Crippen LogP contribution in [0, 0.1) is 0 Å². The van der Waals surface area contributed by atoms with Crippen molar-refractivity contribution in [2.45, 2.75) is 37.7 Å². The number of carbonyl (C=O) groups is 1. The maximum Gasteiger partial charge on any atom is 0.435 e. The maximum absolute atomic E-state index is 12.9. The standard InChI is InChI=1S/C19H18F6N6O/c1-31-14(8-16(30-31)19(23,24)25)17(32)29-13-4-2-3-12(26)11(13)9-28-10-5-6-27-15(7-10)18(20,21)22/h5-9,13H,2-4,26H2,1H3,(H,29,32). The fourth-order valence-electron chi connectivity index (χ4n) is 3.19. The second-order valence-electron chi connectivity index (χ2n) is 7.09. The molecule has 2 aromatic heterocycles. The summed E-state index contributed by atoms with van der Waals surface area (Å²) in [5.74, 6) is -0.802. The van der Waals surface area contributed by atoms with Gasteiger partial charge in [-0.1, -0.05) is 0 Å². The van der Waals surface area contributed by atoms with Gasteiger partial charge in [0.25, 0.3) is 5.91 Å². The highest BCUT2D eigenvalue weighted by Crippen LogP contribution is 2.30. The molecular weight excluding hydrogens is 442 g/mol. The van der Waals surface area contributed by atoms with E-state index in [0.717, 1.165) is 16.9 Å². The first-order valence-corrected chi connectivity index (χ1v) is 9.34. The van der Waals surface area contributed by atoms with Crippen LogP contribution in [0.4, 0.5) is 32.0 Å². The summed E-state index contributed by atoms with van der Waals surface area (Å²) in [5.41, 5.74) is 4.11. The van der Waals surface area contributed by atoms with Crippen LogP contribution in [0.1, 0.15) is 41.1 Å². The Kier molecular flexibility index (Phi) is 6.28. The average Bonchev–Trinajstić information content (AvgIpc) is 3.09. The summed E-state index contributed by atoms with van der Waals surface area (Å²) >= 11 is 0. The van der Waals surface area contributed by atoms with Gasteiger partial charge in [-0.05, 0) is 31.4 Å². The van der Waals surface area contributed by atoms with Crippen LogP contribution in [0.3, 0.4) is 0 Å². The van der Waals surface area contributed by atoms with E-state index in [1.807, 2.05) is 0 Å². The van der Waals surface area contributed by atoms with Crippen LogP contribution in [0.5, 0.6) is 0 Å². The lowest BCUT2D eigenvalue weighted by Gasteiger charge is -2.25. The number of hydrogen-bond acceptors (Lipinski definition) is 5. The van der Waals surface area contributed by atoms with Crippen LogP contribution in [0.2, 0.25) is 0 Å². The number of aryl methyl sites for hydroxylation is 1. The maximum atomic E-state index is 12.9. The molecule has 0 aromatic carbocycles. The van der Waals surface area contributed by atoms with E-state index in [0.29, 0.717) is 36.6 Å². The molecule has 0 saturated carbocycles. The molecule has 0 saturated heterocycles. The fourth-order valence-corrected chi connectivity index (χ4v) is 3.19. The lowest BCUT2D eigenvalue weighted by atomic mass is 9.92. The summed E-state index contributed by atoms with van der Waals surface area (Å²) in [4.78, 5) is 19.8. The zero-order valence-corrected chi connectivity index (χ0v) is 16.6. The number of halogens is 6. The minimum absolute atomic E-state index is 0.0234. The van der Waals surface area contributed by atoms with Gasteiger partial charge < -0.3 is 11.1 Å². The molecular formula is C19H18F6N6O. The van der Waals surface area contributed by atoms with Gasteiger partial charge in [-0.15, -0.1) is 0 Å². The molecule has 0 spiro atoms. The summed E-state index contributed by atoms with van der Waals surface area (Å²) in [6.07, 6.45) is -5.63. The van der Waals surface area contributed by atoms with E-state index in [2.05, 4.69) is 20.4 Å². The third-order valence-corrected chi connectivity index (χ3v) is 4.78. The Morgan fingerprint density at radius 1 is 1.22 bits per heavy atom. The molecule has 2 aromatic rings. The first-order valence-electron chi connectivity index (χ1n) is 9.34. The predicted molar refractivity (Wildman–Crippen MR) is 102 cm³/mol. The van der Waals surface area contributed by atoms with Gasteiger partial charge in [0.05, 0.1) is 11.7 Å². The highest BCUT2D eigenvalue weighted by Gasteiger charge is 2.36. The SMILES string of the molecule is Cn1nc(C(F)(F)F)cc1C(=O)NC1CCCC(N)=C1C=Nc1ccnc(C(F)(F)F)c1. The number of nitrogens with two attached hydrogens (primary N) is 1. The van der Waals surface area contributed by atoms with Crippen LogP contribution in [-0.4, -0.2) is 32.9 Å². The molecule has 13 heteroatoms. The van der Waals surface area contributed by atoms with Crippen molar-refractivity contribution in [1.82, 2.24) is 20.1 Å². The molecule has 0 bridgehead atoms. The molecule has 1 aliphatic rings. The van der Waals surface area contributed by atoms with E-state index >= 15 is 0 Å². The van der Waals surface area contributed by atoms with Gasteiger partial charge in [0.2, 0.25) is 0 Å². The number of amides is 1. The Morgan fingerprint density at radius 3 is 2.53 bits per heavy atom. The van der Waals surface area contributed by atoms with Crippen molar-refractivity contribution in [3.8, 4) is 0 Å². The van der Waals surface area contributed by atoms with E-state index in [9.17, 15) is 31.1 Å². The number of allylic oxidation sites excluding steroid dienone is 1. The fraction of sp³-hybridized carbons (Fsp3) is 0.368. The Hall–Kier alpha value is -3.38. The minimum Gasteiger partial charge on any atom is -0.402 e. The van der Waals surface area contributed by atoms with E-state index in [1.54, 1.807) is 0 Å². The van der Waals surface area contributed by atoms with Gasteiger partial charge in [0.15, 0.2) is 5.69 Å². The van der Waals surface area contributed by atoms with Crippen LogP contribution < -0.4 is 11.1 Å². The van der Waals surface area contributed by atoms with Crippen molar-refractivity contribution in [3.63, 3.8) is 0 Å². The largest absolute Gasteiger partial charge is 0.435 e. The normalized spacial score (nSPS) is 17.8. The number of aromatic nitrogens is 3. The zero-order chi connectivity index (χ0) is 23.7. The first-order chi connectivity index (χ1) is 14.9. The number of aliphatic imine (C=N–C) groups is 1. The average molecular weight is 460 g/mol. The second-order valence-corrected chi connectivity index (χ2v) is 7.09. The summed E-state index contributed by atoms with van der Waals surface area (Å²) in [6.45, 7) is 0. The highest BCUT2D eigenvalue weighted by atomic mass is 19.4. The molecule has 32 heavy (non-hydrogen) atoms. The van der Waals surface area contributed by atoms with Crippen LogP contribution in [-0.2, 0) is 19.4 Å². The molecule has 1 aliphatic carbocycles. The number of carbonyl (C=O) groups excluding carboxylic acids is 1. The highest BCUT2D eigenvalue weighted by molar-refractivity contribution is 5.94. The van der Waals surface area contributed by atoms with Crippen molar-refractivity contribution < 1.29 is 31.1 Å². The molecule has 1 amide bonds. The van der Waals surface area contributed by atoms with Crippen molar-refractivity contribution >= 4 is 17.8 Å². The Labute approximate surface area is 178 Å². The van der Waals surface area contributed by atoms with E-state index < -0.39 is 35.7 Å². The number of alkyl halides is 6. The molecule has 7 nitrogen and oxygen atoms in total. The Balaban J connectivity index is 1.82. The Morgan fingerprint density at radius 2 is 1.91 bits per heavy atom. The summed E-state index contributed by atoms with van der Waals surface area (Å²) in [6, 6.07) is 1.98. The molecule has 3 rings (SSSR count). The lowest BCUT2D eigenvalue weighted by Crippen LogP contribution is -2.40. The first kappa shape index (κ1) is 23.3. The van der Waals surface area contributed by atoms with Gasteiger partial charge in [0, 0.05) is 36.8 Å². The van der Waals surface area contributed by atoms with Crippen molar-refractivity contribution in [1.29, 1.82) is 0 Å². The molecule has 0 fully saturated rings. The van der Waals surface area contributed by atoms with Crippen LogP contribution in [0.25, 0.3) is 0 Å². The topological polar surface area (TPSA) is 98.2 Å². The zero-order valence-electron chi connectivity index (χ0n) is 16.6. The monoisotopic (exact) mass is 460 g/mol. The van der Waals surface area contributed by atoms with Gasteiger partial charge in [-0.25, -0.2) is 0 Å². The third kappa shape index (κ3) is 5.26. The Bertz CT molecular complexity index is 1070. The van der Waals surface area contributed by atoms with Gasteiger partial charge in [0.1, 0.15) is 11.4 Å². The van der Waals surface area contributed by atoms with Crippen molar-refractivity contribution in [2.75, 3.05) is 0 Å². The minimum atomic E-state index is -4.71. The van der Waals surface area contributed by atoms with Crippen molar-refractivity contribution in [2.24, 2.45) is 17.8 Å². The molecule has 2 heterocycles. The molecule has 172 valence electrons. The van der Waals surface area contributed by atoms with Gasteiger partial charge in [-0.3, -0.25) is 19.5 Å². The van der Waals surface area contributed by atoms with Gasteiger partial charge in [-0.2, -0.15) is 31.4 Å².